The number of hydrogen-bond acceptors (Lipinski definition) is 1. The van der Waals surface area contributed by atoms with Gasteiger partial charge in [-0.05, 0) is 56.2 Å². The minimum atomic E-state index is 0.123. The fourth-order valence-corrected chi connectivity index (χ4v) is 3.44. The molecular weight excluding hydrogens is 272 g/mol. The Hall–Kier alpha value is -1.35. The first-order chi connectivity index (χ1) is 10.5. The van der Waals surface area contributed by atoms with Gasteiger partial charge in [-0.15, -0.1) is 0 Å². The zero-order valence-electron chi connectivity index (χ0n) is 14.4. The highest BCUT2D eigenvalue weighted by molar-refractivity contribution is 5.91. The Balaban J connectivity index is 1.85. The van der Waals surface area contributed by atoms with E-state index in [4.69, 9.17) is 0 Å². The predicted octanol–water partition coefficient (Wildman–Crippen LogP) is 3.99. The lowest BCUT2D eigenvalue weighted by Gasteiger charge is -2.35. The number of rotatable bonds is 7. The van der Waals surface area contributed by atoms with Crippen molar-refractivity contribution in [1.29, 1.82) is 0 Å². The summed E-state index contributed by atoms with van der Waals surface area (Å²) in [5, 5.41) is 3.05. The van der Waals surface area contributed by atoms with E-state index < -0.39 is 0 Å². The molecule has 1 N–H and O–H groups in total. The van der Waals surface area contributed by atoms with E-state index in [0.29, 0.717) is 12.6 Å². The van der Waals surface area contributed by atoms with Gasteiger partial charge in [0.05, 0.1) is 20.1 Å². The van der Waals surface area contributed by atoms with E-state index in [2.05, 4.69) is 38.5 Å². The Labute approximate surface area is 135 Å². The molecule has 0 atom stereocenters. The highest BCUT2D eigenvalue weighted by Gasteiger charge is 2.32. The average molecular weight is 303 g/mol. The molecule has 0 bridgehead atoms. The normalized spacial score (nSPS) is 16.0. The number of unbranched alkanes of at least 4 members (excludes halogenated alkanes) is 1. The van der Waals surface area contributed by atoms with Crippen LogP contribution in [0.3, 0.4) is 0 Å². The Morgan fingerprint density at radius 3 is 2.41 bits per heavy atom. The molecule has 3 heteroatoms. The van der Waals surface area contributed by atoms with E-state index in [-0.39, 0.29) is 5.91 Å². The van der Waals surface area contributed by atoms with E-state index >= 15 is 0 Å². The summed E-state index contributed by atoms with van der Waals surface area (Å²) < 4.78 is 0.806. The number of carbonyl (C=O) groups excluding carboxylic acids is 1. The van der Waals surface area contributed by atoms with Crippen LogP contribution in [0, 0.1) is 0 Å². The van der Waals surface area contributed by atoms with E-state index in [1.807, 2.05) is 12.1 Å². The number of carbonyl (C=O) groups is 1. The molecule has 3 nitrogen and oxygen atoms in total. The van der Waals surface area contributed by atoms with Gasteiger partial charge in [0.15, 0.2) is 6.54 Å². The molecule has 122 valence electrons. The third-order valence-electron chi connectivity index (χ3n) is 4.92. The van der Waals surface area contributed by atoms with Crippen molar-refractivity contribution in [3.63, 3.8) is 0 Å². The summed E-state index contributed by atoms with van der Waals surface area (Å²) in [6.45, 7) is 2.77. The number of nitrogens with one attached hydrogen (secondary N) is 1. The van der Waals surface area contributed by atoms with Crippen molar-refractivity contribution in [1.82, 2.24) is 0 Å². The molecule has 22 heavy (non-hydrogen) atoms. The molecule has 1 aromatic rings. The monoisotopic (exact) mass is 303 g/mol. The lowest BCUT2D eigenvalue weighted by atomic mass is 10.1. The summed E-state index contributed by atoms with van der Waals surface area (Å²) in [7, 11) is 4.37. The summed E-state index contributed by atoms with van der Waals surface area (Å²) in [5.41, 5.74) is 2.26. The molecule has 2 rings (SSSR count). The van der Waals surface area contributed by atoms with Crippen molar-refractivity contribution in [3.05, 3.63) is 29.8 Å². The minimum absolute atomic E-state index is 0.123. The van der Waals surface area contributed by atoms with Crippen LogP contribution in [0.2, 0.25) is 0 Å². The summed E-state index contributed by atoms with van der Waals surface area (Å²) in [6.07, 6.45) is 8.70. The van der Waals surface area contributed by atoms with Crippen molar-refractivity contribution in [2.75, 3.05) is 26.0 Å². The van der Waals surface area contributed by atoms with Gasteiger partial charge in [-0.1, -0.05) is 25.5 Å². The first-order valence-corrected chi connectivity index (χ1v) is 8.73. The van der Waals surface area contributed by atoms with Gasteiger partial charge in [0.1, 0.15) is 0 Å². The molecule has 1 saturated carbocycles. The third kappa shape index (κ3) is 4.84. The maximum atomic E-state index is 12.3. The topological polar surface area (TPSA) is 29.1 Å². The molecule has 1 aliphatic rings. The fourth-order valence-electron chi connectivity index (χ4n) is 3.44. The number of likely N-dealkylation sites (N-methyl/N-ethyl adjacent to an activating group) is 1. The second kappa shape index (κ2) is 7.77. The van der Waals surface area contributed by atoms with Gasteiger partial charge in [-0.3, -0.25) is 4.79 Å². The molecule has 0 spiro atoms. The molecular formula is C19H31N2O+. The lowest BCUT2D eigenvalue weighted by molar-refractivity contribution is -0.906. The van der Waals surface area contributed by atoms with Crippen LogP contribution in [-0.2, 0) is 11.2 Å². The number of quaternary nitrogens is 1. The smallest absolute Gasteiger partial charge is 0.279 e. The number of nitrogens with zero attached hydrogens (tertiary/aromatic N) is 1. The lowest BCUT2D eigenvalue weighted by Crippen LogP contribution is -2.51. The summed E-state index contributed by atoms with van der Waals surface area (Å²) in [5.74, 6) is 0.123. The van der Waals surface area contributed by atoms with Crippen LogP contribution in [0.15, 0.2) is 24.3 Å². The highest BCUT2D eigenvalue weighted by atomic mass is 16.2. The van der Waals surface area contributed by atoms with Crippen molar-refractivity contribution < 1.29 is 9.28 Å². The third-order valence-corrected chi connectivity index (χ3v) is 4.92. The maximum Gasteiger partial charge on any atom is 0.279 e. The zero-order valence-corrected chi connectivity index (χ0v) is 14.4. The summed E-state index contributed by atoms with van der Waals surface area (Å²) in [4.78, 5) is 12.3. The second-order valence-corrected chi connectivity index (χ2v) is 7.22. The largest absolute Gasteiger partial charge is 0.321 e. The first-order valence-electron chi connectivity index (χ1n) is 8.73. The van der Waals surface area contributed by atoms with Crippen molar-refractivity contribution in [3.8, 4) is 0 Å². The van der Waals surface area contributed by atoms with Crippen molar-refractivity contribution in [2.24, 2.45) is 0 Å². The Kier molecular flexibility index (Phi) is 6.01. The molecule has 0 aromatic heterocycles. The predicted molar refractivity (Wildman–Crippen MR) is 92.9 cm³/mol. The van der Waals surface area contributed by atoms with Gasteiger partial charge in [0, 0.05) is 5.69 Å². The van der Waals surface area contributed by atoms with E-state index in [1.54, 1.807) is 0 Å². The van der Waals surface area contributed by atoms with Gasteiger partial charge < -0.3 is 9.80 Å². The molecule has 0 unspecified atom stereocenters. The van der Waals surface area contributed by atoms with Crippen molar-refractivity contribution >= 4 is 11.6 Å². The van der Waals surface area contributed by atoms with Gasteiger partial charge in [-0.2, -0.15) is 0 Å². The van der Waals surface area contributed by atoms with Crippen molar-refractivity contribution in [2.45, 2.75) is 57.9 Å². The van der Waals surface area contributed by atoms with Crippen LogP contribution >= 0.6 is 0 Å². The Bertz CT molecular complexity index is 473. The van der Waals surface area contributed by atoms with Gasteiger partial charge in [-0.25, -0.2) is 0 Å². The zero-order chi connectivity index (χ0) is 16.0. The number of amides is 1. The standard InChI is InChI=1S/C19H30N2O/c1-4-5-8-16-11-13-17(14-12-16)20-19(22)15-21(2,3)18-9-6-7-10-18/h11-14,18H,4-10,15H2,1-3H3/p+1. The molecule has 1 amide bonds. The molecule has 0 heterocycles. The van der Waals surface area contributed by atoms with Crippen LogP contribution in [0.4, 0.5) is 5.69 Å². The number of aryl methyl sites for hydroxylation is 1. The quantitative estimate of drug-likeness (QED) is 0.758. The van der Waals surface area contributed by atoms with Crippen LogP contribution in [0.25, 0.3) is 0 Å². The molecule has 1 fully saturated rings. The Morgan fingerprint density at radius 1 is 1.18 bits per heavy atom. The number of anilines is 1. The fraction of sp³-hybridized carbons (Fsp3) is 0.632. The van der Waals surface area contributed by atoms with Gasteiger partial charge in [0.2, 0.25) is 0 Å². The molecule has 0 aliphatic heterocycles. The number of benzene rings is 1. The first kappa shape index (κ1) is 17.0. The summed E-state index contributed by atoms with van der Waals surface area (Å²) >= 11 is 0. The van der Waals surface area contributed by atoms with E-state index in [0.717, 1.165) is 16.6 Å². The summed E-state index contributed by atoms with van der Waals surface area (Å²) in [6, 6.07) is 8.95. The molecule has 0 saturated heterocycles. The SMILES string of the molecule is CCCCc1ccc(NC(=O)C[N+](C)(C)C2CCCC2)cc1. The Morgan fingerprint density at radius 2 is 1.82 bits per heavy atom. The molecule has 1 aliphatic carbocycles. The van der Waals surface area contributed by atoms with E-state index in [9.17, 15) is 4.79 Å². The van der Waals surface area contributed by atoms with Crippen LogP contribution in [0.1, 0.15) is 51.0 Å². The van der Waals surface area contributed by atoms with Crippen LogP contribution < -0.4 is 5.32 Å². The average Bonchev–Trinajstić information content (AvgIpc) is 3.01. The number of hydrogen-bond donors (Lipinski definition) is 1. The highest BCUT2D eigenvalue weighted by Crippen LogP contribution is 2.26. The minimum Gasteiger partial charge on any atom is -0.321 e. The molecule has 1 aromatic carbocycles. The van der Waals surface area contributed by atoms with Gasteiger partial charge in [0.25, 0.3) is 5.91 Å². The van der Waals surface area contributed by atoms with Crippen LogP contribution in [0.5, 0.6) is 0 Å². The maximum absolute atomic E-state index is 12.3. The molecule has 0 radical (unpaired) electrons. The van der Waals surface area contributed by atoms with E-state index in [1.165, 1.54) is 44.1 Å². The van der Waals surface area contributed by atoms with Crippen LogP contribution in [-0.4, -0.2) is 37.1 Å². The second-order valence-electron chi connectivity index (χ2n) is 7.22. The van der Waals surface area contributed by atoms with Gasteiger partial charge >= 0.3 is 0 Å².